The fraction of sp³-hybridized carbons (Fsp3) is 0.500. The molecule has 0 bridgehead atoms. The summed E-state index contributed by atoms with van der Waals surface area (Å²) in [6, 6.07) is 0. The van der Waals surface area contributed by atoms with Crippen LogP contribution in [0.5, 0.6) is 0 Å². The first-order valence-corrected chi connectivity index (χ1v) is 5.14. The molecule has 2 aromatic rings. The molecule has 0 aliphatic rings. The molecule has 0 amide bonds. The normalized spacial score (nSPS) is 10.9. The molecule has 2 rings (SSSR count). The summed E-state index contributed by atoms with van der Waals surface area (Å²) in [6.45, 7) is 5.27. The molecule has 0 aliphatic carbocycles. The Balaban J connectivity index is 1.92. The van der Waals surface area contributed by atoms with Gasteiger partial charge in [-0.05, 0) is 13.8 Å². The fourth-order valence-electron chi connectivity index (χ4n) is 1.53. The van der Waals surface area contributed by atoms with Gasteiger partial charge in [-0.25, -0.2) is 4.98 Å². The maximum absolute atomic E-state index is 5.08. The Bertz CT molecular complexity index is 454. The van der Waals surface area contributed by atoms with Crippen LogP contribution >= 0.6 is 0 Å². The zero-order valence-corrected chi connectivity index (χ0v) is 9.69. The summed E-state index contributed by atoms with van der Waals surface area (Å²) in [7, 11) is 1.87. The Morgan fingerprint density at radius 2 is 2.19 bits per heavy atom. The summed E-state index contributed by atoms with van der Waals surface area (Å²) in [5.41, 5.74) is 2.05. The number of aryl methyl sites for hydroxylation is 3. The lowest BCUT2D eigenvalue weighted by molar-refractivity contribution is 0.391. The van der Waals surface area contributed by atoms with Gasteiger partial charge in [0.1, 0.15) is 17.9 Å². The Labute approximate surface area is 93.7 Å². The average molecular weight is 221 g/mol. The quantitative estimate of drug-likeness (QED) is 0.823. The number of nitrogens with one attached hydrogen (secondary N) is 1. The van der Waals surface area contributed by atoms with Crippen LogP contribution < -0.4 is 5.32 Å². The number of nitrogens with zero attached hydrogens (tertiary/aromatic N) is 4. The third-order valence-electron chi connectivity index (χ3n) is 2.57. The van der Waals surface area contributed by atoms with E-state index in [2.05, 4.69) is 20.6 Å². The van der Waals surface area contributed by atoms with Gasteiger partial charge in [0, 0.05) is 19.2 Å². The molecular weight excluding hydrogens is 206 g/mol. The minimum absolute atomic E-state index is 0.681. The molecule has 0 fully saturated rings. The molecule has 6 heteroatoms. The van der Waals surface area contributed by atoms with Crippen LogP contribution in [0.15, 0.2) is 10.9 Å². The molecule has 0 aliphatic heterocycles. The third kappa shape index (κ3) is 2.11. The van der Waals surface area contributed by atoms with E-state index >= 15 is 0 Å². The minimum Gasteiger partial charge on any atom is -0.361 e. The minimum atomic E-state index is 0.681. The second-order valence-electron chi connectivity index (χ2n) is 3.71. The highest BCUT2D eigenvalue weighted by Gasteiger charge is 2.08. The number of hydrogen-bond donors (Lipinski definition) is 1. The first-order valence-electron chi connectivity index (χ1n) is 5.14. The summed E-state index contributed by atoms with van der Waals surface area (Å²) in [5, 5.41) is 11.2. The van der Waals surface area contributed by atoms with Gasteiger partial charge in [-0.15, -0.1) is 0 Å². The van der Waals surface area contributed by atoms with Crippen molar-refractivity contribution >= 4 is 0 Å². The molecule has 0 atom stereocenters. The largest absolute Gasteiger partial charge is 0.361 e. The lowest BCUT2D eigenvalue weighted by Gasteiger charge is -2.03. The third-order valence-corrected chi connectivity index (χ3v) is 2.57. The molecule has 6 nitrogen and oxygen atoms in total. The van der Waals surface area contributed by atoms with Gasteiger partial charge < -0.3 is 9.84 Å². The highest BCUT2D eigenvalue weighted by atomic mass is 16.5. The maximum atomic E-state index is 5.08. The van der Waals surface area contributed by atoms with Gasteiger partial charge in [0.2, 0.25) is 0 Å². The number of rotatable bonds is 4. The van der Waals surface area contributed by atoms with Gasteiger partial charge in [0.15, 0.2) is 0 Å². The lowest BCUT2D eigenvalue weighted by atomic mass is 10.2. The first-order chi connectivity index (χ1) is 7.68. The number of aromatic nitrogens is 4. The molecule has 86 valence electrons. The highest BCUT2D eigenvalue weighted by molar-refractivity contribution is 5.20. The molecule has 0 saturated heterocycles. The van der Waals surface area contributed by atoms with Gasteiger partial charge >= 0.3 is 0 Å². The molecule has 16 heavy (non-hydrogen) atoms. The van der Waals surface area contributed by atoms with Crippen LogP contribution in [0, 0.1) is 13.8 Å². The summed E-state index contributed by atoms with van der Waals surface area (Å²) < 4.78 is 6.83. The van der Waals surface area contributed by atoms with Gasteiger partial charge in [-0.1, -0.05) is 5.16 Å². The van der Waals surface area contributed by atoms with E-state index < -0.39 is 0 Å². The van der Waals surface area contributed by atoms with Gasteiger partial charge in [-0.3, -0.25) is 4.68 Å². The molecule has 0 aromatic carbocycles. The Kier molecular flexibility index (Phi) is 3.00. The highest BCUT2D eigenvalue weighted by Crippen LogP contribution is 2.11. The van der Waals surface area contributed by atoms with Crippen molar-refractivity contribution in [2.75, 3.05) is 0 Å². The molecular formula is C10H15N5O. The lowest BCUT2D eigenvalue weighted by Crippen LogP contribution is -2.16. The van der Waals surface area contributed by atoms with E-state index in [0.717, 1.165) is 29.4 Å². The van der Waals surface area contributed by atoms with E-state index in [0.29, 0.717) is 6.54 Å². The Morgan fingerprint density at radius 3 is 2.75 bits per heavy atom. The predicted octanol–water partition coefficient (Wildman–Crippen LogP) is 0.710. The van der Waals surface area contributed by atoms with E-state index in [1.807, 2.05) is 20.9 Å². The zero-order chi connectivity index (χ0) is 11.5. The van der Waals surface area contributed by atoms with Crippen molar-refractivity contribution in [1.29, 1.82) is 0 Å². The van der Waals surface area contributed by atoms with Gasteiger partial charge in [-0.2, -0.15) is 5.10 Å². The van der Waals surface area contributed by atoms with Gasteiger partial charge in [0.05, 0.1) is 12.2 Å². The fourth-order valence-corrected chi connectivity index (χ4v) is 1.53. The van der Waals surface area contributed by atoms with Crippen LogP contribution in [0.3, 0.4) is 0 Å². The number of hydrogen-bond acceptors (Lipinski definition) is 5. The van der Waals surface area contributed by atoms with Crippen LogP contribution in [0.2, 0.25) is 0 Å². The molecule has 0 spiro atoms. The second kappa shape index (κ2) is 4.44. The molecule has 1 N–H and O–H groups in total. The second-order valence-corrected chi connectivity index (χ2v) is 3.71. The van der Waals surface area contributed by atoms with Crippen LogP contribution in [-0.4, -0.2) is 19.9 Å². The van der Waals surface area contributed by atoms with Crippen molar-refractivity contribution in [2.45, 2.75) is 26.9 Å². The van der Waals surface area contributed by atoms with Gasteiger partial charge in [0.25, 0.3) is 0 Å². The van der Waals surface area contributed by atoms with Crippen LogP contribution in [0.25, 0.3) is 0 Å². The van der Waals surface area contributed by atoms with E-state index in [-0.39, 0.29) is 0 Å². The topological polar surface area (TPSA) is 68.8 Å². The smallest absolute Gasteiger partial charge is 0.140 e. The van der Waals surface area contributed by atoms with E-state index in [9.17, 15) is 0 Å². The summed E-state index contributed by atoms with van der Waals surface area (Å²) in [4.78, 5) is 4.13. The van der Waals surface area contributed by atoms with E-state index in [1.54, 1.807) is 11.0 Å². The van der Waals surface area contributed by atoms with E-state index in [4.69, 9.17) is 4.52 Å². The molecule has 2 heterocycles. The maximum Gasteiger partial charge on any atom is 0.140 e. The zero-order valence-electron chi connectivity index (χ0n) is 9.69. The van der Waals surface area contributed by atoms with Crippen molar-refractivity contribution in [3.05, 3.63) is 29.2 Å². The Morgan fingerprint density at radius 1 is 1.38 bits per heavy atom. The van der Waals surface area contributed by atoms with E-state index in [1.165, 1.54) is 0 Å². The Hall–Kier alpha value is -1.69. The monoisotopic (exact) mass is 221 g/mol. The molecule has 0 radical (unpaired) electrons. The SMILES string of the molecule is Cc1noc(C)c1CNCc1ncnn1C. The standard InChI is InChI=1S/C10H15N5O/c1-7-9(8(2)16-14-7)4-11-5-10-12-6-13-15(10)3/h6,11H,4-5H2,1-3H3. The van der Waals surface area contributed by atoms with Crippen LogP contribution in [-0.2, 0) is 20.1 Å². The first kappa shape index (κ1) is 10.8. The summed E-state index contributed by atoms with van der Waals surface area (Å²) in [5.74, 6) is 1.77. The summed E-state index contributed by atoms with van der Waals surface area (Å²) in [6.07, 6.45) is 1.55. The molecule has 2 aromatic heterocycles. The van der Waals surface area contributed by atoms with Crippen molar-refractivity contribution in [1.82, 2.24) is 25.2 Å². The van der Waals surface area contributed by atoms with Crippen LogP contribution in [0.4, 0.5) is 0 Å². The summed E-state index contributed by atoms with van der Waals surface area (Å²) >= 11 is 0. The van der Waals surface area contributed by atoms with Crippen molar-refractivity contribution in [2.24, 2.45) is 7.05 Å². The van der Waals surface area contributed by atoms with Crippen molar-refractivity contribution in [3.63, 3.8) is 0 Å². The van der Waals surface area contributed by atoms with Crippen molar-refractivity contribution in [3.8, 4) is 0 Å². The average Bonchev–Trinajstić information content (AvgIpc) is 2.79. The van der Waals surface area contributed by atoms with Crippen LogP contribution in [0.1, 0.15) is 22.8 Å². The van der Waals surface area contributed by atoms with Crippen molar-refractivity contribution < 1.29 is 4.52 Å². The molecule has 0 unspecified atom stereocenters. The predicted molar refractivity (Wildman–Crippen MR) is 57.5 cm³/mol. The molecule has 0 saturated carbocycles.